The molecule has 2 aromatic rings. The van der Waals surface area contributed by atoms with E-state index in [1.165, 1.54) is 33.4 Å². The number of likely N-dealkylation sites (N-methyl/N-ethyl adjacent to an activating group) is 1. The highest BCUT2D eigenvalue weighted by Crippen LogP contribution is 2.40. The molecule has 1 aliphatic heterocycles. The average Bonchev–Trinajstić information content (AvgIpc) is 3.12. The molecule has 1 unspecified atom stereocenters. The first-order valence-corrected chi connectivity index (χ1v) is 11.2. The Labute approximate surface area is 193 Å². The van der Waals surface area contributed by atoms with Crippen LogP contribution >= 0.6 is 0 Å². The summed E-state index contributed by atoms with van der Waals surface area (Å²) in [4.78, 5) is 31.1. The summed E-state index contributed by atoms with van der Waals surface area (Å²) < 4.78 is 0. The normalized spacial score (nSPS) is 19.6. The van der Waals surface area contributed by atoms with Crippen LogP contribution in [0, 0.1) is 0 Å². The zero-order chi connectivity index (χ0) is 23.5. The largest absolute Gasteiger partial charge is 0.478 e. The van der Waals surface area contributed by atoms with Gasteiger partial charge in [-0.2, -0.15) is 0 Å². The quantitative estimate of drug-likeness (QED) is 0.630. The van der Waals surface area contributed by atoms with Gasteiger partial charge in [0.25, 0.3) is 0 Å². The Kier molecular flexibility index (Phi) is 6.72. The molecular weight excluding hydrogens is 418 g/mol. The lowest BCUT2D eigenvalue weighted by atomic mass is 9.94. The van der Waals surface area contributed by atoms with Gasteiger partial charge in [-0.05, 0) is 66.8 Å². The van der Waals surface area contributed by atoms with Crippen molar-refractivity contribution >= 4 is 17.5 Å². The molecule has 4 rings (SSSR count). The highest BCUT2D eigenvalue weighted by atomic mass is 16.4. The maximum absolute atomic E-state index is 11.7. The van der Waals surface area contributed by atoms with E-state index < -0.39 is 18.0 Å². The Balaban J connectivity index is 1.50. The Morgan fingerprint density at radius 3 is 2.55 bits per heavy atom. The Morgan fingerprint density at radius 1 is 1.12 bits per heavy atom. The SMILES string of the molecule is CC1=C(CCN2CCN(C)C(/C(=C/C(=O)O)C(=O)O)C2)c2cccc(-c3ccncc3)c2C1. The van der Waals surface area contributed by atoms with Gasteiger partial charge >= 0.3 is 11.9 Å². The van der Waals surface area contributed by atoms with Crippen molar-refractivity contribution in [3.8, 4) is 11.1 Å². The molecule has 1 aromatic heterocycles. The van der Waals surface area contributed by atoms with Crippen LogP contribution in [0.15, 0.2) is 59.9 Å². The van der Waals surface area contributed by atoms with Crippen LogP contribution in [-0.4, -0.2) is 76.2 Å². The van der Waals surface area contributed by atoms with Crippen molar-refractivity contribution in [2.24, 2.45) is 0 Å². The van der Waals surface area contributed by atoms with Gasteiger partial charge < -0.3 is 10.2 Å². The Hall–Kier alpha value is -3.29. The number of aliphatic carboxylic acids is 2. The molecule has 1 aromatic carbocycles. The second-order valence-corrected chi connectivity index (χ2v) is 8.79. The molecule has 1 saturated heterocycles. The van der Waals surface area contributed by atoms with Gasteiger partial charge in [-0.15, -0.1) is 0 Å². The van der Waals surface area contributed by atoms with E-state index in [9.17, 15) is 14.7 Å². The summed E-state index contributed by atoms with van der Waals surface area (Å²) in [5.41, 5.74) is 7.72. The first-order chi connectivity index (χ1) is 15.8. The van der Waals surface area contributed by atoms with Crippen molar-refractivity contribution in [1.82, 2.24) is 14.8 Å². The minimum absolute atomic E-state index is 0.0710. The fourth-order valence-electron chi connectivity index (χ4n) is 4.98. The molecule has 0 amide bonds. The standard InChI is InChI=1S/C26H29N3O4/c1-17-14-22-20(18-6-9-27-10-7-18)4-3-5-21(22)19(17)8-11-29-13-12-28(2)24(16-29)23(26(32)33)15-25(30)31/h3-7,9-10,15,24H,8,11-14,16H2,1-2H3,(H,30,31)(H,32,33)/b23-15-. The molecule has 1 aliphatic carbocycles. The third-order valence-corrected chi connectivity index (χ3v) is 6.74. The van der Waals surface area contributed by atoms with Crippen LogP contribution < -0.4 is 0 Å². The van der Waals surface area contributed by atoms with Crippen LogP contribution in [0.2, 0.25) is 0 Å². The number of allylic oxidation sites excluding steroid dienone is 1. The van der Waals surface area contributed by atoms with E-state index in [4.69, 9.17) is 5.11 Å². The van der Waals surface area contributed by atoms with Gasteiger partial charge in [0.2, 0.25) is 0 Å². The third-order valence-electron chi connectivity index (χ3n) is 6.74. The number of fused-ring (bicyclic) bond motifs is 1. The lowest BCUT2D eigenvalue weighted by Crippen LogP contribution is -2.53. The molecule has 172 valence electrons. The van der Waals surface area contributed by atoms with Gasteiger partial charge in [-0.25, -0.2) is 9.59 Å². The molecule has 1 fully saturated rings. The number of pyridine rings is 1. The van der Waals surface area contributed by atoms with E-state index in [0.717, 1.165) is 32.0 Å². The topological polar surface area (TPSA) is 94.0 Å². The average molecular weight is 448 g/mol. The lowest BCUT2D eigenvalue weighted by molar-refractivity contribution is -0.136. The van der Waals surface area contributed by atoms with Gasteiger partial charge in [0.15, 0.2) is 0 Å². The smallest absolute Gasteiger partial charge is 0.333 e. The van der Waals surface area contributed by atoms with E-state index in [1.54, 1.807) is 0 Å². The van der Waals surface area contributed by atoms with Crippen LogP contribution in [0.5, 0.6) is 0 Å². The summed E-state index contributed by atoms with van der Waals surface area (Å²) in [7, 11) is 1.85. The number of benzene rings is 1. The fourth-order valence-corrected chi connectivity index (χ4v) is 4.98. The number of carboxylic acid groups (broad SMARTS) is 2. The number of hydrogen-bond donors (Lipinski definition) is 2. The second-order valence-electron chi connectivity index (χ2n) is 8.79. The second kappa shape index (κ2) is 9.68. The van der Waals surface area contributed by atoms with Gasteiger partial charge in [-0.3, -0.25) is 14.8 Å². The summed E-state index contributed by atoms with van der Waals surface area (Å²) >= 11 is 0. The summed E-state index contributed by atoms with van der Waals surface area (Å²) in [5, 5.41) is 18.7. The minimum atomic E-state index is -1.23. The number of piperazine rings is 1. The summed E-state index contributed by atoms with van der Waals surface area (Å²) in [6.45, 7) is 5.00. The third kappa shape index (κ3) is 4.89. The van der Waals surface area contributed by atoms with Gasteiger partial charge in [0.1, 0.15) is 0 Å². The van der Waals surface area contributed by atoms with E-state index in [1.807, 2.05) is 36.5 Å². The lowest BCUT2D eigenvalue weighted by Gasteiger charge is -2.39. The predicted molar refractivity (Wildman–Crippen MR) is 127 cm³/mol. The number of carboxylic acids is 2. The molecule has 2 N–H and O–H groups in total. The number of hydrogen-bond acceptors (Lipinski definition) is 5. The van der Waals surface area contributed by atoms with Crippen LogP contribution in [0.25, 0.3) is 16.7 Å². The first-order valence-electron chi connectivity index (χ1n) is 11.2. The molecule has 1 atom stereocenters. The highest BCUT2D eigenvalue weighted by molar-refractivity contribution is 5.95. The molecule has 2 heterocycles. The number of rotatable bonds is 7. The molecule has 0 spiro atoms. The summed E-state index contributed by atoms with van der Waals surface area (Å²) in [5.74, 6) is -2.41. The monoisotopic (exact) mass is 447 g/mol. The molecular formula is C26H29N3O4. The van der Waals surface area contributed by atoms with Crippen LogP contribution in [0.4, 0.5) is 0 Å². The van der Waals surface area contributed by atoms with Gasteiger partial charge in [0.05, 0.1) is 11.6 Å². The van der Waals surface area contributed by atoms with E-state index in [-0.39, 0.29) is 5.57 Å². The molecule has 0 radical (unpaired) electrons. The van der Waals surface area contributed by atoms with Crippen molar-refractivity contribution < 1.29 is 19.8 Å². The highest BCUT2D eigenvalue weighted by Gasteiger charge is 2.31. The van der Waals surface area contributed by atoms with Crippen LogP contribution in [-0.2, 0) is 16.0 Å². The zero-order valence-electron chi connectivity index (χ0n) is 19.0. The Bertz CT molecular complexity index is 1120. The summed E-state index contributed by atoms with van der Waals surface area (Å²) in [6, 6.07) is 10.1. The van der Waals surface area contributed by atoms with E-state index in [2.05, 4.69) is 35.0 Å². The van der Waals surface area contributed by atoms with Crippen molar-refractivity contribution in [2.45, 2.75) is 25.8 Å². The summed E-state index contributed by atoms with van der Waals surface area (Å²) in [6.07, 6.45) is 6.27. The van der Waals surface area contributed by atoms with Crippen molar-refractivity contribution in [3.05, 3.63) is 71.1 Å². The van der Waals surface area contributed by atoms with E-state index >= 15 is 0 Å². The van der Waals surface area contributed by atoms with Crippen LogP contribution in [0.1, 0.15) is 24.5 Å². The number of carbonyl (C=O) groups is 2. The van der Waals surface area contributed by atoms with Crippen molar-refractivity contribution in [3.63, 3.8) is 0 Å². The zero-order valence-corrected chi connectivity index (χ0v) is 19.0. The van der Waals surface area contributed by atoms with Crippen LogP contribution in [0.3, 0.4) is 0 Å². The predicted octanol–water partition coefficient (Wildman–Crippen LogP) is 3.18. The molecule has 7 heteroatoms. The van der Waals surface area contributed by atoms with Gasteiger partial charge in [-0.1, -0.05) is 23.8 Å². The molecule has 7 nitrogen and oxygen atoms in total. The van der Waals surface area contributed by atoms with Crippen molar-refractivity contribution in [1.29, 1.82) is 0 Å². The van der Waals surface area contributed by atoms with Crippen molar-refractivity contribution in [2.75, 3.05) is 33.2 Å². The molecule has 2 aliphatic rings. The van der Waals surface area contributed by atoms with Gasteiger partial charge in [0, 0.05) is 44.6 Å². The number of aromatic nitrogens is 1. The fraction of sp³-hybridized carbons (Fsp3) is 0.346. The maximum atomic E-state index is 11.7. The molecule has 33 heavy (non-hydrogen) atoms. The Morgan fingerprint density at radius 2 is 1.85 bits per heavy atom. The number of nitrogens with zero attached hydrogens (tertiary/aromatic N) is 3. The first kappa shape index (κ1) is 22.9. The van der Waals surface area contributed by atoms with E-state index in [0.29, 0.717) is 13.1 Å². The minimum Gasteiger partial charge on any atom is -0.478 e. The maximum Gasteiger partial charge on any atom is 0.333 e. The molecule has 0 saturated carbocycles. The molecule has 0 bridgehead atoms.